The molecular formula is C20H17N3O3S. The molecule has 1 aliphatic rings. The fourth-order valence-electron chi connectivity index (χ4n) is 2.85. The molecule has 2 aromatic carbocycles. The van der Waals surface area contributed by atoms with Crippen molar-refractivity contribution in [3.8, 4) is 22.6 Å². The molecular weight excluding hydrogens is 362 g/mol. The fraction of sp³-hybridized carbons (Fsp3) is 0.150. The van der Waals surface area contributed by atoms with Gasteiger partial charge in [-0.15, -0.1) is 0 Å². The van der Waals surface area contributed by atoms with Crippen molar-refractivity contribution < 1.29 is 14.0 Å². The minimum absolute atomic E-state index is 0.0936. The number of benzene rings is 2. The SMILES string of the molecule is O=C(CSc1nc(-c2ccccc2)c(-c2ccccc2)o1)N1CCNC1=O. The van der Waals surface area contributed by atoms with Crippen LogP contribution in [0.1, 0.15) is 0 Å². The van der Waals surface area contributed by atoms with Crippen LogP contribution in [0.5, 0.6) is 0 Å². The van der Waals surface area contributed by atoms with Crippen molar-refractivity contribution in [2.24, 2.45) is 0 Å². The Balaban J connectivity index is 1.60. The summed E-state index contributed by atoms with van der Waals surface area (Å²) in [5.41, 5.74) is 2.59. The van der Waals surface area contributed by atoms with Crippen LogP contribution < -0.4 is 5.32 Å². The summed E-state index contributed by atoms with van der Waals surface area (Å²) >= 11 is 1.19. The molecule has 1 aliphatic heterocycles. The normalized spacial score (nSPS) is 13.6. The molecule has 27 heavy (non-hydrogen) atoms. The van der Waals surface area contributed by atoms with E-state index in [0.29, 0.717) is 24.1 Å². The first-order valence-corrected chi connectivity index (χ1v) is 9.53. The van der Waals surface area contributed by atoms with Gasteiger partial charge in [-0.25, -0.2) is 9.78 Å². The van der Waals surface area contributed by atoms with Gasteiger partial charge in [-0.05, 0) is 0 Å². The Morgan fingerprint density at radius 1 is 1.07 bits per heavy atom. The highest BCUT2D eigenvalue weighted by atomic mass is 32.2. The number of nitrogens with zero attached hydrogens (tertiary/aromatic N) is 2. The average Bonchev–Trinajstić information content (AvgIpc) is 3.34. The highest BCUT2D eigenvalue weighted by Gasteiger charge is 2.26. The first kappa shape index (κ1) is 17.4. The van der Waals surface area contributed by atoms with E-state index >= 15 is 0 Å². The molecule has 1 fully saturated rings. The molecule has 7 heteroatoms. The lowest BCUT2D eigenvalue weighted by Gasteiger charge is -2.10. The summed E-state index contributed by atoms with van der Waals surface area (Å²) in [5, 5.41) is 3.03. The third kappa shape index (κ3) is 3.73. The van der Waals surface area contributed by atoms with E-state index in [2.05, 4.69) is 10.3 Å². The Hall–Kier alpha value is -3.06. The number of hydrogen-bond donors (Lipinski definition) is 1. The van der Waals surface area contributed by atoms with Crippen molar-refractivity contribution in [2.45, 2.75) is 5.22 Å². The maximum absolute atomic E-state index is 12.2. The van der Waals surface area contributed by atoms with E-state index in [-0.39, 0.29) is 17.7 Å². The van der Waals surface area contributed by atoms with Gasteiger partial charge in [0.1, 0.15) is 5.69 Å². The Morgan fingerprint density at radius 2 is 1.74 bits per heavy atom. The molecule has 136 valence electrons. The van der Waals surface area contributed by atoms with Gasteiger partial charge in [0.25, 0.3) is 5.22 Å². The van der Waals surface area contributed by atoms with Crippen molar-refractivity contribution in [1.82, 2.24) is 15.2 Å². The average molecular weight is 379 g/mol. The lowest BCUT2D eigenvalue weighted by atomic mass is 10.1. The number of thioether (sulfide) groups is 1. The van der Waals surface area contributed by atoms with Crippen molar-refractivity contribution in [3.05, 3.63) is 60.7 Å². The highest BCUT2D eigenvalue weighted by molar-refractivity contribution is 7.99. The number of nitrogens with one attached hydrogen (secondary N) is 1. The summed E-state index contributed by atoms with van der Waals surface area (Å²) in [6, 6.07) is 19.2. The summed E-state index contributed by atoms with van der Waals surface area (Å²) in [5.74, 6) is 0.502. The van der Waals surface area contributed by atoms with Gasteiger partial charge >= 0.3 is 6.03 Å². The second-order valence-corrected chi connectivity index (χ2v) is 6.88. The standard InChI is InChI=1S/C20H17N3O3S/c24-16(23-12-11-21-19(23)25)13-27-20-22-17(14-7-3-1-4-8-14)18(26-20)15-9-5-2-6-10-15/h1-10H,11-13H2,(H,21,25). The summed E-state index contributed by atoms with van der Waals surface area (Å²) in [6.07, 6.45) is 0. The summed E-state index contributed by atoms with van der Waals surface area (Å²) in [4.78, 5) is 29.7. The van der Waals surface area contributed by atoms with Gasteiger partial charge in [-0.3, -0.25) is 9.69 Å². The quantitative estimate of drug-likeness (QED) is 0.685. The van der Waals surface area contributed by atoms with Gasteiger partial charge in [0.05, 0.1) is 5.75 Å². The molecule has 6 nitrogen and oxygen atoms in total. The number of rotatable bonds is 5. The maximum atomic E-state index is 12.2. The molecule has 1 saturated heterocycles. The summed E-state index contributed by atoms with van der Waals surface area (Å²) in [7, 11) is 0. The largest absolute Gasteiger partial charge is 0.431 e. The number of urea groups is 1. The molecule has 4 rings (SSSR count). The summed E-state index contributed by atoms with van der Waals surface area (Å²) in [6.45, 7) is 0.888. The zero-order valence-electron chi connectivity index (χ0n) is 14.4. The number of amides is 3. The number of hydrogen-bond acceptors (Lipinski definition) is 5. The molecule has 3 amide bonds. The van der Waals surface area contributed by atoms with E-state index in [9.17, 15) is 9.59 Å². The third-order valence-corrected chi connectivity index (χ3v) is 4.98. The number of carbonyl (C=O) groups excluding carboxylic acids is 2. The number of aromatic nitrogens is 1. The molecule has 0 radical (unpaired) electrons. The lowest BCUT2D eigenvalue weighted by molar-refractivity contribution is -0.124. The van der Waals surface area contributed by atoms with E-state index in [1.54, 1.807) is 0 Å². The van der Waals surface area contributed by atoms with Gasteiger partial charge in [0.15, 0.2) is 5.76 Å². The minimum Gasteiger partial charge on any atom is -0.431 e. The van der Waals surface area contributed by atoms with Crippen molar-refractivity contribution in [3.63, 3.8) is 0 Å². The van der Waals surface area contributed by atoms with E-state index in [1.807, 2.05) is 60.7 Å². The predicted octanol–water partition coefficient (Wildman–Crippen LogP) is 3.65. The first-order chi connectivity index (χ1) is 13.2. The molecule has 1 N–H and O–H groups in total. The molecule has 3 aromatic rings. The summed E-state index contributed by atoms with van der Waals surface area (Å²) < 4.78 is 5.98. The van der Waals surface area contributed by atoms with Crippen LogP contribution in [0.25, 0.3) is 22.6 Å². The molecule has 1 aromatic heterocycles. The van der Waals surface area contributed by atoms with Crippen LogP contribution in [-0.4, -0.2) is 40.7 Å². The molecule has 0 atom stereocenters. The van der Waals surface area contributed by atoms with E-state index in [1.165, 1.54) is 16.7 Å². The van der Waals surface area contributed by atoms with Crippen LogP contribution >= 0.6 is 11.8 Å². The Morgan fingerprint density at radius 3 is 2.37 bits per heavy atom. The Bertz CT molecular complexity index is 900. The van der Waals surface area contributed by atoms with E-state index < -0.39 is 0 Å². The third-order valence-electron chi connectivity index (χ3n) is 4.17. The van der Waals surface area contributed by atoms with Crippen LogP contribution in [0, 0.1) is 0 Å². The molecule has 0 saturated carbocycles. The van der Waals surface area contributed by atoms with Crippen LogP contribution in [0.4, 0.5) is 4.79 Å². The van der Waals surface area contributed by atoms with Gasteiger partial charge in [0.2, 0.25) is 5.91 Å². The smallest absolute Gasteiger partial charge is 0.324 e. The van der Waals surface area contributed by atoms with Crippen molar-refractivity contribution in [1.29, 1.82) is 0 Å². The van der Waals surface area contributed by atoms with Crippen molar-refractivity contribution in [2.75, 3.05) is 18.8 Å². The van der Waals surface area contributed by atoms with Gasteiger partial charge in [0, 0.05) is 24.2 Å². The maximum Gasteiger partial charge on any atom is 0.324 e. The zero-order valence-corrected chi connectivity index (χ0v) is 15.2. The van der Waals surface area contributed by atoms with Gasteiger partial charge < -0.3 is 9.73 Å². The van der Waals surface area contributed by atoms with Gasteiger partial charge in [-0.1, -0.05) is 72.4 Å². The van der Waals surface area contributed by atoms with Gasteiger partial charge in [-0.2, -0.15) is 0 Å². The number of imide groups is 1. The lowest BCUT2D eigenvalue weighted by Crippen LogP contribution is -2.35. The Kier molecular flexibility index (Phi) is 4.93. The second-order valence-electron chi connectivity index (χ2n) is 5.96. The van der Waals surface area contributed by atoms with Crippen molar-refractivity contribution >= 4 is 23.7 Å². The molecule has 0 spiro atoms. The molecule has 0 aliphatic carbocycles. The molecule has 0 unspecified atom stereocenters. The second kappa shape index (κ2) is 7.67. The van der Waals surface area contributed by atoms with Crippen LogP contribution in [0.3, 0.4) is 0 Å². The molecule has 2 heterocycles. The van der Waals surface area contributed by atoms with E-state index in [4.69, 9.17) is 4.42 Å². The first-order valence-electron chi connectivity index (χ1n) is 8.55. The number of carbonyl (C=O) groups is 2. The Labute approximate surface area is 160 Å². The monoisotopic (exact) mass is 379 g/mol. The minimum atomic E-state index is -0.344. The van der Waals surface area contributed by atoms with Crippen LogP contribution in [0.15, 0.2) is 70.3 Å². The predicted molar refractivity (Wildman–Crippen MR) is 103 cm³/mol. The zero-order chi connectivity index (χ0) is 18.6. The fourth-order valence-corrected chi connectivity index (χ4v) is 3.55. The van der Waals surface area contributed by atoms with Crippen LogP contribution in [0.2, 0.25) is 0 Å². The topological polar surface area (TPSA) is 75.4 Å². The highest BCUT2D eigenvalue weighted by Crippen LogP contribution is 2.35. The molecule has 0 bridgehead atoms. The van der Waals surface area contributed by atoms with E-state index in [0.717, 1.165) is 16.8 Å². The number of oxazole rings is 1. The van der Waals surface area contributed by atoms with Crippen LogP contribution in [-0.2, 0) is 4.79 Å².